The van der Waals surface area contributed by atoms with Gasteiger partial charge in [-0.2, -0.15) is 0 Å². The summed E-state index contributed by atoms with van der Waals surface area (Å²) in [7, 11) is 0. The molecule has 0 aliphatic carbocycles. The van der Waals surface area contributed by atoms with Crippen molar-refractivity contribution in [2.24, 2.45) is 5.92 Å². The standard InChI is InChI=1S/C24H24N4O3/c29-24(18-10-13-25(14-11-18)20-6-3-7-21(15-20)28(30)31)27-17-22-8-4-12-26(22)16-19-5-1-2-9-23(19)27/h1-9,12,15,18H,10-11,13-14,16-17H2. The number of hydrogen-bond acceptors (Lipinski definition) is 4. The van der Waals surface area contributed by atoms with E-state index in [1.807, 2.05) is 35.2 Å². The number of nitrogens with zero attached hydrogens (tertiary/aromatic N) is 4. The lowest BCUT2D eigenvalue weighted by Crippen LogP contribution is -2.42. The number of aromatic nitrogens is 1. The fraction of sp³-hybridized carbons (Fsp3) is 0.292. The first-order valence-corrected chi connectivity index (χ1v) is 10.6. The number of rotatable bonds is 3. The van der Waals surface area contributed by atoms with Gasteiger partial charge < -0.3 is 14.4 Å². The summed E-state index contributed by atoms with van der Waals surface area (Å²) >= 11 is 0. The van der Waals surface area contributed by atoms with Gasteiger partial charge in [0, 0.05) is 61.0 Å². The molecule has 31 heavy (non-hydrogen) atoms. The first kappa shape index (κ1) is 19.4. The fourth-order valence-corrected chi connectivity index (χ4v) is 4.69. The van der Waals surface area contributed by atoms with Crippen molar-refractivity contribution < 1.29 is 9.72 Å². The van der Waals surface area contributed by atoms with Crippen LogP contribution in [0.25, 0.3) is 0 Å². The number of hydrogen-bond donors (Lipinski definition) is 0. The van der Waals surface area contributed by atoms with E-state index >= 15 is 0 Å². The Morgan fingerprint density at radius 2 is 1.77 bits per heavy atom. The molecule has 2 aromatic carbocycles. The molecule has 0 saturated carbocycles. The quantitative estimate of drug-likeness (QED) is 0.474. The van der Waals surface area contributed by atoms with Gasteiger partial charge in [-0.25, -0.2) is 0 Å². The summed E-state index contributed by atoms with van der Waals surface area (Å²) in [5, 5.41) is 11.1. The number of piperidine rings is 1. The van der Waals surface area contributed by atoms with Crippen molar-refractivity contribution in [3.8, 4) is 0 Å². The Hall–Kier alpha value is -3.61. The predicted molar refractivity (Wildman–Crippen MR) is 119 cm³/mol. The van der Waals surface area contributed by atoms with Crippen LogP contribution in [-0.4, -0.2) is 28.5 Å². The summed E-state index contributed by atoms with van der Waals surface area (Å²) < 4.78 is 2.21. The van der Waals surface area contributed by atoms with Gasteiger partial charge in [0.25, 0.3) is 5.69 Å². The number of carbonyl (C=O) groups is 1. The van der Waals surface area contributed by atoms with E-state index in [-0.39, 0.29) is 22.4 Å². The molecule has 1 aromatic heterocycles. The maximum atomic E-state index is 13.6. The molecule has 3 heterocycles. The molecule has 0 spiro atoms. The van der Waals surface area contributed by atoms with E-state index < -0.39 is 0 Å². The van der Waals surface area contributed by atoms with E-state index in [0.29, 0.717) is 19.6 Å². The predicted octanol–water partition coefficient (Wildman–Crippen LogP) is 4.21. The summed E-state index contributed by atoms with van der Waals surface area (Å²) in [5.41, 5.74) is 4.23. The zero-order valence-corrected chi connectivity index (χ0v) is 17.2. The van der Waals surface area contributed by atoms with Crippen molar-refractivity contribution >= 4 is 23.0 Å². The molecule has 0 atom stereocenters. The average molecular weight is 416 g/mol. The number of nitro groups is 1. The Bertz CT molecular complexity index is 1130. The zero-order valence-electron chi connectivity index (χ0n) is 17.2. The van der Waals surface area contributed by atoms with Gasteiger partial charge in [-0.05, 0) is 42.7 Å². The molecule has 7 heteroatoms. The Labute approximate surface area is 180 Å². The second-order valence-corrected chi connectivity index (χ2v) is 8.22. The molecule has 1 saturated heterocycles. The Balaban J connectivity index is 1.34. The van der Waals surface area contributed by atoms with Crippen molar-refractivity contribution in [3.05, 3.63) is 88.2 Å². The summed E-state index contributed by atoms with van der Waals surface area (Å²) in [4.78, 5) is 28.4. The van der Waals surface area contributed by atoms with Crippen LogP contribution in [0, 0.1) is 16.0 Å². The summed E-state index contributed by atoms with van der Waals surface area (Å²) in [5.74, 6) is 0.116. The van der Waals surface area contributed by atoms with Crippen LogP contribution in [0.3, 0.4) is 0 Å². The number of nitro benzene ring substituents is 1. The van der Waals surface area contributed by atoms with Gasteiger partial charge >= 0.3 is 0 Å². The number of para-hydroxylation sites is 1. The van der Waals surface area contributed by atoms with Gasteiger partial charge in [0.05, 0.1) is 11.5 Å². The minimum Gasteiger partial charge on any atom is -0.371 e. The van der Waals surface area contributed by atoms with E-state index in [1.165, 1.54) is 6.07 Å². The van der Waals surface area contributed by atoms with Crippen LogP contribution >= 0.6 is 0 Å². The molecule has 0 bridgehead atoms. The lowest BCUT2D eigenvalue weighted by atomic mass is 9.94. The highest BCUT2D eigenvalue weighted by Crippen LogP contribution is 2.32. The number of amides is 1. The molecule has 2 aliphatic rings. The second-order valence-electron chi connectivity index (χ2n) is 8.22. The van der Waals surface area contributed by atoms with Gasteiger partial charge in [0.2, 0.25) is 5.91 Å². The van der Waals surface area contributed by atoms with Crippen LogP contribution in [0.15, 0.2) is 66.9 Å². The molecule has 5 rings (SSSR count). The highest BCUT2D eigenvalue weighted by atomic mass is 16.6. The van der Waals surface area contributed by atoms with Gasteiger partial charge in [-0.3, -0.25) is 14.9 Å². The highest BCUT2D eigenvalue weighted by molar-refractivity contribution is 5.96. The second kappa shape index (κ2) is 7.91. The lowest BCUT2D eigenvalue weighted by molar-refractivity contribution is -0.384. The molecule has 0 unspecified atom stereocenters. The van der Waals surface area contributed by atoms with Crippen molar-refractivity contribution in [2.45, 2.75) is 25.9 Å². The Morgan fingerprint density at radius 1 is 0.968 bits per heavy atom. The fourth-order valence-electron chi connectivity index (χ4n) is 4.69. The molecule has 158 valence electrons. The summed E-state index contributed by atoms with van der Waals surface area (Å²) in [6, 6.07) is 19.0. The third-order valence-electron chi connectivity index (χ3n) is 6.38. The molecule has 7 nitrogen and oxygen atoms in total. The maximum Gasteiger partial charge on any atom is 0.271 e. The SMILES string of the molecule is O=C(C1CCN(c2cccc([N+](=O)[O-])c2)CC1)N1Cc2cccn2Cc2ccccc21. The van der Waals surface area contributed by atoms with Crippen LogP contribution in [0.4, 0.5) is 17.1 Å². The van der Waals surface area contributed by atoms with Crippen LogP contribution in [0.2, 0.25) is 0 Å². The van der Waals surface area contributed by atoms with Crippen LogP contribution in [0.1, 0.15) is 24.1 Å². The monoisotopic (exact) mass is 416 g/mol. The van der Waals surface area contributed by atoms with Gasteiger partial charge in [0.1, 0.15) is 0 Å². The van der Waals surface area contributed by atoms with Crippen molar-refractivity contribution in [1.29, 1.82) is 0 Å². The first-order chi connectivity index (χ1) is 15.1. The normalized spacial score (nSPS) is 16.4. The molecule has 2 aliphatic heterocycles. The Kier molecular flexibility index (Phi) is 4.94. The number of anilines is 2. The van der Waals surface area contributed by atoms with Crippen molar-refractivity contribution in [1.82, 2.24) is 4.57 Å². The summed E-state index contributed by atoms with van der Waals surface area (Å²) in [6.07, 6.45) is 3.54. The highest BCUT2D eigenvalue weighted by Gasteiger charge is 2.32. The largest absolute Gasteiger partial charge is 0.371 e. The Morgan fingerprint density at radius 3 is 2.58 bits per heavy atom. The topological polar surface area (TPSA) is 71.6 Å². The van der Waals surface area contributed by atoms with E-state index in [0.717, 1.165) is 42.0 Å². The maximum absolute atomic E-state index is 13.6. The number of fused-ring (bicyclic) bond motifs is 2. The first-order valence-electron chi connectivity index (χ1n) is 10.6. The summed E-state index contributed by atoms with van der Waals surface area (Å²) in [6.45, 7) is 2.77. The van der Waals surface area contributed by atoms with Gasteiger partial charge in [0.15, 0.2) is 0 Å². The van der Waals surface area contributed by atoms with Crippen LogP contribution in [-0.2, 0) is 17.9 Å². The molecule has 0 radical (unpaired) electrons. The number of benzene rings is 2. The molecule has 0 N–H and O–H groups in total. The average Bonchev–Trinajstić information content (AvgIpc) is 3.18. The van der Waals surface area contributed by atoms with Gasteiger partial charge in [-0.1, -0.05) is 24.3 Å². The lowest BCUT2D eigenvalue weighted by Gasteiger charge is -2.35. The number of non-ortho nitro benzene ring substituents is 1. The van der Waals surface area contributed by atoms with E-state index in [1.54, 1.807) is 12.1 Å². The third kappa shape index (κ3) is 3.67. The molecule has 3 aromatic rings. The minimum absolute atomic E-state index is 0.0514. The van der Waals surface area contributed by atoms with Crippen molar-refractivity contribution in [3.63, 3.8) is 0 Å². The molecule has 1 amide bonds. The van der Waals surface area contributed by atoms with Crippen LogP contribution in [0.5, 0.6) is 0 Å². The third-order valence-corrected chi connectivity index (χ3v) is 6.38. The number of carbonyl (C=O) groups excluding carboxylic acids is 1. The smallest absolute Gasteiger partial charge is 0.271 e. The molecule has 1 fully saturated rings. The zero-order chi connectivity index (χ0) is 21.4. The van der Waals surface area contributed by atoms with Crippen molar-refractivity contribution in [2.75, 3.05) is 22.9 Å². The molecular formula is C24H24N4O3. The van der Waals surface area contributed by atoms with E-state index in [9.17, 15) is 14.9 Å². The minimum atomic E-state index is -0.369. The van der Waals surface area contributed by atoms with E-state index in [2.05, 4.69) is 27.8 Å². The van der Waals surface area contributed by atoms with Gasteiger partial charge in [-0.15, -0.1) is 0 Å². The molecular weight excluding hydrogens is 392 g/mol. The van der Waals surface area contributed by atoms with E-state index in [4.69, 9.17) is 0 Å². The van der Waals surface area contributed by atoms with Crippen LogP contribution < -0.4 is 9.80 Å².